The summed E-state index contributed by atoms with van der Waals surface area (Å²) in [7, 11) is 0. The van der Waals surface area contributed by atoms with E-state index >= 15 is 0 Å². The number of nitro groups is 1. The second-order valence-electron chi connectivity index (χ2n) is 4.86. The quantitative estimate of drug-likeness (QED) is 0.344. The highest BCUT2D eigenvalue weighted by molar-refractivity contribution is 7.98. The standard InChI is InChI=1S/C14H13N5O2S/c1-8-5-9(2)16-14(15-8)22-7-13-17-11-4-3-10(19(20)21)6-12(11)18-13/h3-6H,7H2,1-2H3,(H,17,18). The van der Waals surface area contributed by atoms with Crippen molar-refractivity contribution in [1.82, 2.24) is 19.9 Å². The smallest absolute Gasteiger partial charge is 0.271 e. The molecule has 8 heteroatoms. The van der Waals surface area contributed by atoms with Gasteiger partial charge < -0.3 is 4.98 Å². The summed E-state index contributed by atoms with van der Waals surface area (Å²) in [5, 5.41) is 11.5. The lowest BCUT2D eigenvalue weighted by Crippen LogP contribution is -1.93. The van der Waals surface area contributed by atoms with E-state index in [9.17, 15) is 10.1 Å². The lowest BCUT2D eigenvalue weighted by atomic mass is 10.3. The number of thioether (sulfide) groups is 1. The summed E-state index contributed by atoms with van der Waals surface area (Å²) in [4.78, 5) is 26.6. The van der Waals surface area contributed by atoms with Crippen molar-refractivity contribution in [2.45, 2.75) is 24.8 Å². The van der Waals surface area contributed by atoms with Crippen LogP contribution in [-0.4, -0.2) is 24.9 Å². The number of fused-ring (bicyclic) bond motifs is 1. The highest BCUT2D eigenvalue weighted by Crippen LogP contribution is 2.23. The number of nitrogens with zero attached hydrogens (tertiary/aromatic N) is 4. The number of aryl methyl sites for hydroxylation is 2. The summed E-state index contributed by atoms with van der Waals surface area (Å²) in [6, 6.07) is 6.51. The molecule has 0 aliphatic carbocycles. The summed E-state index contributed by atoms with van der Waals surface area (Å²) >= 11 is 1.48. The van der Waals surface area contributed by atoms with Gasteiger partial charge in [-0.25, -0.2) is 15.0 Å². The summed E-state index contributed by atoms with van der Waals surface area (Å²) in [5.41, 5.74) is 3.27. The van der Waals surface area contributed by atoms with Crippen molar-refractivity contribution in [1.29, 1.82) is 0 Å². The number of nitrogens with one attached hydrogen (secondary N) is 1. The number of hydrogen-bond acceptors (Lipinski definition) is 6. The van der Waals surface area contributed by atoms with Gasteiger partial charge in [-0.05, 0) is 26.0 Å². The first kappa shape index (κ1) is 14.5. The maximum atomic E-state index is 10.8. The summed E-state index contributed by atoms with van der Waals surface area (Å²) < 4.78 is 0. The Morgan fingerprint density at radius 1 is 1.18 bits per heavy atom. The van der Waals surface area contributed by atoms with Crippen LogP contribution in [0.5, 0.6) is 0 Å². The molecule has 0 bridgehead atoms. The zero-order valence-corrected chi connectivity index (χ0v) is 12.8. The van der Waals surface area contributed by atoms with Gasteiger partial charge in [0.15, 0.2) is 5.16 Å². The van der Waals surface area contributed by atoms with Crippen LogP contribution in [0.3, 0.4) is 0 Å². The number of non-ortho nitro benzene ring substituents is 1. The van der Waals surface area contributed by atoms with Gasteiger partial charge in [-0.15, -0.1) is 0 Å². The Balaban J connectivity index is 1.80. The van der Waals surface area contributed by atoms with Gasteiger partial charge in [0.05, 0.1) is 21.7 Å². The van der Waals surface area contributed by atoms with Crippen molar-refractivity contribution in [3.63, 3.8) is 0 Å². The summed E-state index contributed by atoms with van der Waals surface area (Å²) in [6.07, 6.45) is 0. The molecule has 0 radical (unpaired) electrons. The van der Waals surface area contributed by atoms with E-state index in [2.05, 4.69) is 19.9 Å². The van der Waals surface area contributed by atoms with Crippen LogP contribution < -0.4 is 0 Å². The van der Waals surface area contributed by atoms with Gasteiger partial charge >= 0.3 is 0 Å². The Morgan fingerprint density at radius 2 is 1.91 bits per heavy atom. The highest BCUT2D eigenvalue weighted by Gasteiger charge is 2.10. The second-order valence-corrected chi connectivity index (χ2v) is 5.81. The van der Waals surface area contributed by atoms with Crippen molar-refractivity contribution in [3.8, 4) is 0 Å². The number of aromatic nitrogens is 4. The van der Waals surface area contributed by atoms with Gasteiger partial charge in [0.25, 0.3) is 5.69 Å². The Labute approximate surface area is 130 Å². The van der Waals surface area contributed by atoms with Crippen LogP contribution in [0.25, 0.3) is 11.0 Å². The van der Waals surface area contributed by atoms with E-state index in [1.165, 1.54) is 23.9 Å². The van der Waals surface area contributed by atoms with Crippen LogP contribution in [0, 0.1) is 24.0 Å². The zero-order valence-electron chi connectivity index (χ0n) is 12.0. The molecule has 7 nitrogen and oxygen atoms in total. The molecule has 1 aromatic carbocycles. The van der Waals surface area contributed by atoms with E-state index in [1.54, 1.807) is 6.07 Å². The van der Waals surface area contributed by atoms with E-state index in [-0.39, 0.29) is 5.69 Å². The molecule has 2 heterocycles. The molecular formula is C14H13N5O2S. The number of imidazole rings is 1. The molecule has 0 atom stereocenters. The Morgan fingerprint density at radius 3 is 2.59 bits per heavy atom. The molecule has 0 amide bonds. The molecule has 0 saturated carbocycles. The number of aromatic amines is 1. The number of hydrogen-bond donors (Lipinski definition) is 1. The molecular weight excluding hydrogens is 302 g/mol. The lowest BCUT2D eigenvalue weighted by Gasteiger charge is -2.01. The van der Waals surface area contributed by atoms with Crippen molar-refractivity contribution >= 4 is 28.5 Å². The molecule has 0 spiro atoms. The Kier molecular flexibility index (Phi) is 3.76. The number of H-pyrrole nitrogens is 1. The summed E-state index contributed by atoms with van der Waals surface area (Å²) in [5.74, 6) is 1.31. The number of rotatable bonds is 4. The summed E-state index contributed by atoms with van der Waals surface area (Å²) in [6.45, 7) is 3.86. The zero-order chi connectivity index (χ0) is 15.7. The SMILES string of the molecule is Cc1cc(C)nc(SCc2nc3ccc([N+](=O)[O-])cc3[nH]2)n1. The van der Waals surface area contributed by atoms with E-state index < -0.39 is 4.92 Å². The van der Waals surface area contributed by atoms with Gasteiger partial charge in [0.2, 0.25) is 0 Å². The van der Waals surface area contributed by atoms with Crippen LogP contribution in [0.4, 0.5) is 5.69 Å². The van der Waals surface area contributed by atoms with Crippen LogP contribution in [0.15, 0.2) is 29.4 Å². The van der Waals surface area contributed by atoms with Crippen molar-refractivity contribution < 1.29 is 4.92 Å². The molecule has 112 valence electrons. The van der Waals surface area contributed by atoms with E-state index in [4.69, 9.17) is 0 Å². The molecule has 0 saturated heterocycles. The number of benzene rings is 1. The van der Waals surface area contributed by atoms with Crippen molar-refractivity contribution in [3.05, 3.63) is 51.6 Å². The minimum absolute atomic E-state index is 0.0491. The first-order valence-corrected chi connectivity index (χ1v) is 7.58. The molecule has 1 N–H and O–H groups in total. The second kappa shape index (κ2) is 5.72. The average molecular weight is 315 g/mol. The third kappa shape index (κ3) is 3.06. The van der Waals surface area contributed by atoms with Gasteiger partial charge in [-0.1, -0.05) is 11.8 Å². The molecule has 0 aliphatic heterocycles. The van der Waals surface area contributed by atoms with Gasteiger partial charge in [-0.2, -0.15) is 0 Å². The molecule has 3 rings (SSSR count). The monoisotopic (exact) mass is 315 g/mol. The molecule has 0 fully saturated rings. The van der Waals surface area contributed by atoms with E-state index in [1.807, 2.05) is 19.9 Å². The predicted octanol–water partition coefficient (Wildman–Crippen LogP) is 3.17. The molecule has 22 heavy (non-hydrogen) atoms. The molecule has 0 aliphatic rings. The van der Waals surface area contributed by atoms with Gasteiger partial charge in [0.1, 0.15) is 5.82 Å². The third-order valence-corrected chi connectivity index (χ3v) is 3.88. The topological polar surface area (TPSA) is 97.6 Å². The minimum Gasteiger partial charge on any atom is -0.341 e. The average Bonchev–Trinajstić information content (AvgIpc) is 2.85. The third-order valence-electron chi connectivity index (χ3n) is 3.03. The largest absolute Gasteiger partial charge is 0.341 e. The molecule has 2 aromatic heterocycles. The van der Waals surface area contributed by atoms with Crippen LogP contribution in [0.1, 0.15) is 17.2 Å². The normalized spacial score (nSPS) is 11.0. The van der Waals surface area contributed by atoms with E-state index in [0.717, 1.165) is 17.2 Å². The van der Waals surface area contributed by atoms with E-state index in [0.29, 0.717) is 21.9 Å². The Hall–Kier alpha value is -2.48. The predicted molar refractivity (Wildman–Crippen MR) is 83.8 cm³/mol. The fourth-order valence-corrected chi connectivity index (χ4v) is 2.94. The molecule has 0 unspecified atom stereocenters. The van der Waals surface area contributed by atoms with Crippen LogP contribution in [-0.2, 0) is 5.75 Å². The first-order chi connectivity index (χ1) is 10.5. The fraction of sp³-hybridized carbons (Fsp3) is 0.214. The van der Waals surface area contributed by atoms with Gasteiger partial charge in [0, 0.05) is 23.5 Å². The number of nitro benzene ring substituents is 1. The minimum atomic E-state index is -0.419. The Bertz CT molecular complexity index is 841. The lowest BCUT2D eigenvalue weighted by molar-refractivity contribution is -0.384. The van der Waals surface area contributed by atoms with Crippen molar-refractivity contribution in [2.24, 2.45) is 0 Å². The van der Waals surface area contributed by atoms with Crippen LogP contribution >= 0.6 is 11.8 Å². The fourth-order valence-electron chi connectivity index (χ4n) is 2.12. The maximum absolute atomic E-state index is 10.8. The maximum Gasteiger partial charge on any atom is 0.271 e. The van der Waals surface area contributed by atoms with Gasteiger partial charge in [-0.3, -0.25) is 10.1 Å². The highest BCUT2D eigenvalue weighted by atomic mass is 32.2. The molecule has 3 aromatic rings. The first-order valence-electron chi connectivity index (χ1n) is 6.59. The van der Waals surface area contributed by atoms with Crippen molar-refractivity contribution in [2.75, 3.05) is 0 Å². The van der Waals surface area contributed by atoms with Crippen LogP contribution in [0.2, 0.25) is 0 Å².